The van der Waals surface area contributed by atoms with Crippen molar-refractivity contribution < 1.29 is 14.3 Å². The molecule has 27 heavy (non-hydrogen) atoms. The van der Waals surface area contributed by atoms with Crippen LogP contribution in [0.3, 0.4) is 0 Å². The lowest BCUT2D eigenvalue weighted by molar-refractivity contribution is -0.0710. The molecule has 2 fully saturated rings. The molecule has 0 spiro atoms. The van der Waals surface area contributed by atoms with E-state index in [0.29, 0.717) is 24.3 Å². The lowest BCUT2D eigenvalue weighted by atomic mass is 9.80. The van der Waals surface area contributed by atoms with Crippen molar-refractivity contribution in [1.29, 1.82) is 0 Å². The van der Waals surface area contributed by atoms with Crippen molar-refractivity contribution >= 4 is 11.8 Å². The number of likely N-dealkylation sites (tertiary alicyclic amines) is 1. The molecule has 4 rings (SSSR count). The molecule has 1 saturated carbocycles. The second-order valence-corrected chi connectivity index (χ2v) is 7.32. The predicted molar refractivity (Wildman–Crippen MR) is 99.4 cm³/mol. The second-order valence-electron chi connectivity index (χ2n) is 7.32. The molecule has 0 atom stereocenters. The van der Waals surface area contributed by atoms with Gasteiger partial charge in [0.1, 0.15) is 11.2 Å². The molecule has 2 aromatic rings. The van der Waals surface area contributed by atoms with Gasteiger partial charge in [0.25, 0.3) is 11.8 Å². The van der Waals surface area contributed by atoms with Crippen LogP contribution in [-0.4, -0.2) is 57.8 Å². The zero-order valence-electron chi connectivity index (χ0n) is 15.6. The highest BCUT2D eigenvalue weighted by molar-refractivity contribution is 5.96. The number of aromatic nitrogens is 2. The molecule has 0 unspecified atom stereocenters. The van der Waals surface area contributed by atoms with E-state index in [4.69, 9.17) is 4.74 Å². The Hall–Kier alpha value is -2.67. The van der Waals surface area contributed by atoms with Crippen LogP contribution in [0.4, 0.5) is 0 Å². The summed E-state index contributed by atoms with van der Waals surface area (Å²) < 4.78 is 7.51. The van der Waals surface area contributed by atoms with Crippen LogP contribution in [0.5, 0.6) is 0 Å². The summed E-state index contributed by atoms with van der Waals surface area (Å²) >= 11 is 0. The second kappa shape index (κ2) is 6.49. The van der Waals surface area contributed by atoms with Gasteiger partial charge in [-0.2, -0.15) is 5.10 Å². The zero-order valence-corrected chi connectivity index (χ0v) is 15.6. The van der Waals surface area contributed by atoms with Gasteiger partial charge in [-0.05, 0) is 38.0 Å². The molecule has 1 aliphatic heterocycles. The van der Waals surface area contributed by atoms with Gasteiger partial charge in [-0.3, -0.25) is 14.3 Å². The fraction of sp³-hybridized carbons (Fsp3) is 0.450. The van der Waals surface area contributed by atoms with Crippen molar-refractivity contribution in [3.63, 3.8) is 0 Å². The molecule has 1 aromatic carbocycles. The molecule has 2 heterocycles. The van der Waals surface area contributed by atoms with Gasteiger partial charge >= 0.3 is 0 Å². The number of amides is 2. The first-order valence-corrected chi connectivity index (χ1v) is 9.28. The summed E-state index contributed by atoms with van der Waals surface area (Å²) in [5, 5.41) is 7.46. The van der Waals surface area contributed by atoms with Crippen LogP contribution >= 0.6 is 0 Å². The largest absolute Gasteiger partial charge is 0.376 e. The van der Waals surface area contributed by atoms with E-state index in [9.17, 15) is 9.59 Å². The SMILES string of the molecule is CCn1ccc(C(=O)N2CC(NC(=O)c3ccccc3)(C3(OC)CC3)C2)n1. The maximum absolute atomic E-state index is 12.7. The number of ether oxygens (including phenoxy) is 1. The standard InChI is InChI=1S/C20H24N4O3/c1-3-24-12-9-16(22-24)18(26)23-13-19(14-23,20(27-2)10-11-20)21-17(25)15-7-5-4-6-8-15/h4-9,12H,3,10-11,13-14H2,1-2H3,(H,21,25). The van der Waals surface area contributed by atoms with Crippen molar-refractivity contribution in [2.24, 2.45) is 0 Å². The molecule has 1 N–H and O–H groups in total. The average molecular weight is 368 g/mol. The van der Waals surface area contributed by atoms with E-state index in [0.717, 1.165) is 19.4 Å². The first-order chi connectivity index (χ1) is 13.0. The molecule has 7 heteroatoms. The smallest absolute Gasteiger partial charge is 0.274 e. The van der Waals surface area contributed by atoms with Crippen LogP contribution in [0.1, 0.15) is 40.6 Å². The maximum Gasteiger partial charge on any atom is 0.274 e. The quantitative estimate of drug-likeness (QED) is 0.842. The van der Waals surface area contributed by atoms with Gasteiger partial charge < -0.3 is 15.0 Å². The molecular weight excluding hydrogens is 344 g/mol. The van der Waals surface area contributed by atoms with Gasteiger partial charge in [0.05, 0.1) is 5.60 Å². The summed E-state index contributed by atoms with van der Waals surface area (Å²) in [5.74, 6) is -0.250. The van der Waals surface area contributed by atoms with Crippen molar-refractivity contribution in [1.82, 2.24) is 20.0 Å². The van der Waals surface area contributed by atoms with Crippen molar-refractivity contribution in [3.8, 4) is 0 Å². The minimum absolute atomic E-state index is 0.112. The monoisotopic (exact) mass is 368 g/mol. The van der Waals surface area contributed by atoms with Gasteiger partial charge in [-0.25, -0.2) is 0 Å². The van der Waals surface area contributed by atoms with Crippen LogP contribution in [-0.2, 0) is 11.3 Å². The Morgan fingerprint density at radius 2 is 1.89 bits per heavy atom. The number of benzene rings is 1. The van der Waals surface area contributed by atoms with Crippen LogP contribution in [0.2, 0.25) is 0 Å². The number of rotatable bonds is 6. The molecule has 2 aliphatic rings. The van der Waals surface area contributed by atoms with Crippen LogP contribution in [0.15, 0.2) is 42.6 Å². The highest BCUT2D eigenvalue weighted by Gasteiger charge is 2.66. The van der Waals surface area contributed by atoms with Crippen LogP contribution in [0, 0.1) is 0 Å². The third-order valence-electron chi connectivity index (χ3n) is 5.75. The van der Waals surface area contributed by atoms with Crippen molar-refractivity contribution in [2.45, 2.75) is 37.5 Å². The summed E-state index contributed by atoms with van der Waals surface area (Å²) in [6, 6.07) is 10.9. The van der Waals surface area contributed by atoms with Gasteiger partial charge in [-0.1, -0.05) is 18.2 Å². The number of carbonyl (C=O) groups excluding carboxylic acids is 2. The highest BCUT2D eigenvalue weighted by atomic mass is 16.5. The number of aryl methyl sites for hydroxylation is 1. The fourth-order valence-electron chi connectivity index (χ4n) is 3.91. The normalized spacial score (nSPS) is 19.3. The van der Waals surface area contributed by atoms with Crippen molar-refractivity contribution in [2.75, 3.05) is 20.2 Å². The van der Waals surface area contributed by atoms with Crippen LogP contribution < -0.4 is 5.32 Å². The number of methoxy groups -OCH3 is 1. The highest BCUT2D eigenvalue weighted by Crippen LogP contribution is 2.51. The van der Waals surface area contributed by atoms with E-state index in [1.165, 1.54) is 0 Å². The molecule has 0 radical (unpaired) electrons. The first-order valence-electron chi connectivity index (χ1n) is 9.28. The lowest BCUT2D eigenvalue weighted by Crippen LogP contribution is -2.77. The Kier molecular flexibility index (Phi) is 4.26. The Bertz CT molecular complexity index is 851. The molecular formula is C20H24N4O3. The molecule has 1 saturated heterocycles. The van der Waals surface area contributed by atoms with Gasteiger partial charge in [0.15, 0.2) is 0 Å². The Morgan fingerprint density at radius 3 is 2.44 bits per heavy atom. The molecule has 7 nitrogen and oxygen atoms in total. The Labute approximate surface area is 158 Å². The van der Waals surface area contributed by atoms with Gasteiger partial charge in [-0.15, -0.1) is 0 Å². The summed E-state index contributed by atoms with van der Waals surface area (Å²) in [6.07, 6.45) is 3.56. The number of carbonyl (C=O) groups is 2. The fourth-order valence-corrected chi connectivity index (χ4v) is 3.91. The molecule has 1 aromatic heterocycles. The van der Waals surface area contributed by atoms with E-state index in [1.807, 2.05) is 25.1 Å². The van der Waals surface area contributed by atoms with Crippen molar-refractivity contribution in [3.05, 3.63) is 53.9 Å². The Balaban J connectivity index is 1.51. The predicted octanol–water partition coefficient (Wildman–Crippen LogP) is 1.71. The van der Waals surface area contributed by atoms with E-state index in [2.05, 4.69) is 10.4 Å². The number of hydrogen-bond donors (Lipinski definition) is 1. The van der Waals surface area contributed by atoms with Gasteiger partial charge in [0, 0.05) is 38.5 Å². The Morgan fingerprint density at radius 1 is 1.19 bits per heavy atom. The third kappa shape index (κ3) is 2.92. The minimum Gasteiger partial charge on any atom is -0.376 e. The minimum atomic E-state index is -0.558. The number of nitrogens with zero attached hydrogens (tertiary/aromatic N) is 3. The molecule has 142 valence electrons. The third-order valence-corrected chi connectivity index (χ3v) is 5.75. The van der Waals surface area contributed by atoms with E-state index in [1.54, 1.807) is 41.1 Å². The molecule has 1 aliphatic carbocycles. The maximum atomic E-state index is 12.7. The van der Waals surface area contributed by atoms with E-state index >= 15 is 0 Å². The number of nitrogens with one attached hydrogen (secondary N) is 1. The van der Waals surface area contributed by atoms with Crippen LogP contribution in [0.25, 0.3) is 0 Å². The molecule has 0 bridgehead atoms. The summed E-state index contributed by atoms with van der Waals surface area (Å²) in [6.45, 7) is 3.55. The van der Waals surface area contributed by atoms with Gasteiger partial charge in [0.2, 0.25) is 0 Å². The summed E-state index contributed by atoms with van der Waals surface area (Å²) in [7, 11) is 1.68. The molecule has 2 amide bonds. The first kappa shape index (κ1) is 17.7. The average Bonchev–Trinajstić information content (AvgIpc) is 3.33. The summed E-state index contributed by atoms with van der Waals surface area (Å²) in [5.41, 5.74) is 0.0895. The lowest BCUT2D eigenvalue weighted by Gasteiger charge is -2.54. The van der Waals surface area contributed by atoms with E-state index in [-0.39, 0.29) is 11.8 Å². The number of hydrogen-bond acceptors (Lipinski definition) is 4. The summed E-state index contributed by atoms with van der Waals surface area (Å²) in [4.78, 5) is 27.2. The topological polar surface area (TPSA) is 76.5 Å². The zero-order chi connectivity index (χ0) is 19.1. The van der Waals surface area contributed by atoms with E-state index < -0.39 is 11.1 Å².